The van der Waals surface area contributed by atoms with Crippen molar-refractivity contribution in [3.8, 4) is 0 Å². The van der Waals surface area contributed by atoms with Gasteiger partial charge < -0.3 is 10.2 Å². The third-order valence-electron chi connectivity index (χ3n) is 4.10. The Kier molecular flexibility index (Phi) is 3.65. The van der Waals surface area contributed by atoms with E-state index in [1.165, 1.54) is 12.8 Å². The van der Waals surface area contributed by atoms with E-state index in [0.717, 1.165) is 32.4 Å². The quantitative estimate of drug-likeness (QED) is 0.719. The topological polar surface area (TPSA) is 43.7 Å². The van der Waals surface area contributed by atoms with Crippen molar-refractivity contribution in [2.24, 2.45) is 5.92 Å². The summed E-state index contributed by atoms with van der Waals surface area (Å²) < 4.78 is 0. The highest BCUT2D eigenvalue weighted by atomic mass is 16.3. The molecule has 2 unspecified atom stereocenters. The monoisotopic (exact) mass is 213 g/mol. The van der Waals surface area contributed by atoms with Gasteiger partial charge in [0, 0.05) is 12.6 Å². The van der Waals surface area contributed by atoms with Crippen LogP contribution in [-0.4, -0.2) is 46.5 Å². The largest absolute Gasteiger partial charge is 0.393 e. The van der Waals surface area contributed by atoms with Crippen LogP contribution in [0.1, 0.15) is 39.0 Å². The molecule has 1 saturated heterocycles. The number of likely N-dealkylation sites (tertiary alicyclic amines) is 1. The second kappa shape index (κ2) is 4.81. The summed E-state index contributed by atoms with van der Waals surface area (Å²) in [5.74, 6) is 0.416. The van der Waals surface area contributed by atoms with Crippen molar-refractivity contribution in [2.45, 2.75) is 57.3 Å². The molecule has 2 rings (SSSR count). The molecule has 1 aliphatic heterocycles. The molecule has 15 heavy (non-hydrogen) atoms. The molecule has 88 valence electrons. The number of aliphatic hydroxyl groups excluding tert-OH is 2. The second-order valence-electron chi connectivity index (χ2n) is 5.20. The first kappa shape index (κ1) is 11.4. The van der Waals surface area contributed by atoms with Crippen LogP contribution >= 0.6 is 0 Å². The lowest BCUT2D eigenvalue weighted by Crippen LogP contribution is -2.44. The molecular formula is C12H23NO2. The van der Waals surface area contributed by atoms with E-state index in [4.69, 9.17) is 0 Å². The fourth-order valence-corrected chi connectivity index (χ4v) is 3.03. The van der Waals surface area contributed by atoms with Gasteiger partial charge in [0.2, 0.25) is 0 Å². The van der Waals surface area contributed by atoms with Crippen LogP contribution in [0, 0.1) is 5.92 Å². The summed E-state index contributed by atoms with van der Waals surface area (Å²) in [7, 11) is 0. The maximum Gasteiger partial charge on any atom is 0.0695 e. The summed E-state index contributed by atoms with van der Waals surface area (Å²) in [6.07, 6.45) is 5.26. The normalized spacial score (nSPS) is 40.6. The van der Waals surface area contributed by atoms with Crippen molar-refractivity contribution in [1.82, 2.24) is 4.90 Å². The Balaban J connectivity index is 1.89. The van der Waals surface area contributed by atoms with Crippen molar-refractivity contribution in [3.63, 3.8) is 0 Å². The molecule has 0 bridgehead atoms. The summed E-state index contributed by atoms with van der Waals surface area (Å²) >= 11 is 0. The van der Waals surface area contributed by atoms with Crippen molar-refractivity contribution in [1.29, 1.82) is 0 Å². The summed E-state index contributed by atoms with van der Waals surface area (Å²) in [6, 6.07) is 0.363. The van der Waals surface area contributed by atoms with Gasteiger partial charge in [-0.15, -0.1) is 0 Å². The van der Waals surface area contributed by atoms with E-state index in [2.05, 4.69) is 4.90 Å². The van der Waals surface area contributed by atoms with Crippen LogP contribution in [0.4, 0.5) is 0 Å². The average molecular weight is 213 g/mol. The molecule has 4 atom stereocenters. The molecule has 0 spiro atoms. The highest BCUT2D eigenvalue weighted by Gasteiger charge is 2.34. The zero-order valence-corrected chi connectivity index (χ0v) is 9.60. The van der Waals surface area contributed by atoms with Gasteiger partial charge in [-0.1, -0.05) is 12.8 Å². The van der Waals surface area contributed by atoms with E-state index in [-0.39, 0.29) is 12.2 Å². The second-order valence-corrected chi connectivity index (χ2v) is 5.20. The van der Waals surface area contributed by atoms with Gasteiger partial charge in [0.15, 0.2) is 0 Å². The van der Waals surface area contributed by atoms with Crippen molar-refractivity contribution >= 4 is 0 Å². The van der Waals surface area contributed by atoms with Crippen molar-refractivity contribution in [2.75, 3.05) is 13.1 Å². The van der Waals surface area contributed by atoms with Crippen molar-refractivity contribution in [3.05, 3.63) is 0 Å². The van der Waals surface area contributed by atoms with E-state index in [0.29, 0.717) is 12.0 Å². The first-order chi connectivity index (χ1) is 7.18. The molecular weight excluding hydrogens is 190 g/mol. The van der Waals surface area contributed by atoms with E-state index >= 15 is 0 Å². The predicted molar refractivity (Wildman–Crippen MR) is 59.6 cm³/mol. The highest BCUT2D eigenvalue weighted by molar-refractivity contribution is 4.89. The predicted octanol–water partition coefficient (Wildman–Crippen LogP) is 0.993. The van der Waals surface area contributed by atoms with E-state index in [1.54, 1.807) is 0 Å². The number of hydrogen-bond donors (Lipinski definition) is 2. The van der Waals surface area contributed by atoms with E-state index in [1.807, 2.05) is 6.92 Å². The number of hydrogen-bond acceptors (Lipinski definition) is 3. The van der Waals surface area contributed by atoms with Gasteiger partial charge in [-0.3, -0.25) is 4.90 Å². The molecule has 0 aromatic carbocycles. The van der Waals surface area contributed by atoms with E-state index < -0.39 is 0 Å². The lowest BCUT2D eigenvalue weighted by molar-refractivity contribution is 0.0252. The third-order valence-corrected chi connectivity index (χ3v) is 4.10. The van der Waals surface area contributed by atoms with Gasteiger partial charge in [-0.05, 0) is 38.6 Å². The Morgan fingerprint density at radius 1 is 1.20 bits per heavy atom. The first-order valence-electron chi connectivity index (χ1n) is 6.28. The minimum atomic E-state index is -0.198. The zero-order valence-electron chi connectivity index (χ0n) is 9.60. The highest BCUT2D eigenvalue weighted by Crippen LogP contribution is 2.29. The number of aliphatic hydroxyl groups is 2. The van der Waals surface area contributed by atoms with Crippen molar-refractivity contribution < 1.29 is 10.2 Å². The minimum Gasteiger partial charge on any atom is -0.393 e. The fraction of sp³-hybridized carbons (Fsp3) is 1.00. The van der Waals surface area contributed by atoms with Crippen LogP contribution in [-0.2, 0) is 0 Å². The third kappa shape index (κ3) is 2.52. The molecule has 2 N–H and O–H groups in total. The van der Waals surface area contributed by atoms with E-state index in [9.17, 15) is 10.2 Å². The van der Waals surface area contributed by atoms with Crippen LogP contribution in [0.2, 0.25) is 0 Å². The molecule has 1 saturated carbocycles. The Morgan fingerprint density at radius 3 is 2.53 bits per heavy atom. The Labute approximate surface area is 92.1 Å². The molecule has 1 heterocycles. The molecule has 2 aliphatic rings. The minimum absolute atomic E-state index is 0.133. The van der Waals surface area contributed by atoms with Gasteiger partial charge in [-0.25, -0.2) is 0 Å². The molecule has 0 aromatic heterocycles. The smallest absolute Gasteiger partial charge is 0.0695 e. The SMILES string of the molecule is CC(O)C1CCN([C@@H]2CCCC[C@H]2O)C1. The summed E-state index contributed by atoms with van der Waals surface area (Å²) in [5, 5.41) is 19.5. The van der Waals surface area contributed by atoms with Crippen LogP contribution in [0.15, 0.2) is 0 Å². The van der Waals surface area contributed by atoms with Gasteiger partial charge in [0.1, 0.15) is 0 Å². The van der Waals surface area contributed by atoms with Crippen LogP contribution in [0.25, 0.3) is 0 Å². The Hall–Kier alpha value is -0.120. The van der Waals surface area contributed by atoms with Gasteiger partial charge in [0.25, 0.3) is 0 Å². The molecule has 3 heteroatoms. The Bertz CT molecular complexity index is 208. The summed E-state index contributed by atoms with van der Waals surface area (Å²) in [5.41, 5.74) is 0. The maximum absolute atomic E-state index is 9.95. The molecule has 0 aromatic rings. The Morgan fingerprint density at radius 2 is 1.93 bits per heavy atom. The van der Waals surface area contributed by atoms with Gasteiger partial charge in [0.05, 0.1) is 12.2 Å². The summed E-state index contributed by atoms with van der Waals surface area (Å²) in [6.45, 7) is 3.90. The lowest BCUT2D eigenvalue weighted by atomic mass is 9.91. The molecule has 3 nitrogen and oxygen atoms in total. The molecule has 0 amide bonds. The zero-order chi connectivity index (χ0) is 10.8. The van der Waals surface area contributed by atoms with Gasteiger partial charge >= 0.3 is 0 Å². The number of nitrogens with zero attached hydrogens (tertiary/aromatic N) is 1. The molecule has 2 fully saturated rings. The maximum atomic E-state index is 9.95. The van der Waals surface area contributed by atoms with Gasteiger partial charge in [-0.2, -0.15) is 0 Å². The average Bonchev–Trinajstić information content (AvgIpc) is 2.67. The number of rotatable bonds is 2. The van der Waals surface area contributed by atoms with Crippen LogP contribution in [0.5, 0.6) is 0 Å². The fourth-order valence-electron chi connectivity index (χ4n) is 3.03. The first-order valence-corrected chi connectivity index (χ1v) is 6.28. The summed E-state index contributed by atoms with van der Waals surface area (Å²) in [4.78, 5) is 2.39. The lowest BCUT2D eigenvalue weighted by Gasteiger charge is -2.35. The molecule has 1 aliphatic carbocycles. The standard InChI is InChI=1S/C12H23NO2/c1-9(14)10-6-7-13(8-10)11-4-2-3-5-12(11)15/h9-12,14-15H,2-8H2,1H3/t9?,10?,11-,12-/m1/s1. The van der Waals surface area contributed by atoms with Crippen LogP contribution in [0.3, 0.4) is 0 Å². The molecule has 0 radical (unpaired) electrons. The van der Waals surface area contributed by atoms with Crippen LogP contribution < -0.4 is 0 Å².